The lowest BCUT2D eigenvalue weighted by atomic mass is 10.1. The van der Waals surface area contributed by atoms with Gasteiger partial charge >= 0.3 is 0 Å². The highest BCUT2D eigenvalue weighted by atomic mass is 16.5. The summed E-state index contributed by atoms with van der Waals surface area (Å²) in [7, 11) is 1.52. The molecule has 1 unspecified atom stereocenters. The highest BCUT2D eigenvalue weighted by Crippen LogP contribution is 2.28. The Labute approximate surface area is 88.6 Å². The third-order valence-electron chi connectivity index (χ3n) is 2.51. The number of nitrogens with zero attached hydrogens (tertiary/aromatic N) is 2. The summed E-state index contributed by atoms with van der Waals surface area (Å²) in [4.78, 5) is 0. The van der Waals surface area contributed by atoms with E-state index in [1.54, 1.807) is 6.07 Å². The van der Waals surface area contributed by atoms with Gasteiger partial charge in [-0.2, -0.15) is 0 Å². The van der Waals surface area contributed by atoms with E-state index in [4.69, 9.17) is 15.2 Å². The summed E-state index contributed by atoms with van der Waals surface area (Å²) in [5.74, 6) is 0.370. The fourth-order valence-corrected chi connectivity index (χ4v) is 1.70. The van der Waals surface area contributed by atoms with Crippen LogP contribution in [-0.2, 0) is 4.74 Å². The van der Waals surface area contributed by atoms with Crippen molar-refractivity contribution in [2.45, 2.75) is 25.4 Å². The van der Waals surface area contributed by atoms with Crippen molar-refractivity contribution in [2.75, 3.05) is 19.5 Å². The number of ether oxygens (including phenoxy) is 2. The molecule has 82 valence electrons. The number of methoxy groups -OCH3 is 1. The molecule has 2 N–H and O–H groups in total. The Kier molecular flexibility index (Phi) is 3.01. The maximum absolute atomic E-state index is 5.76. The minimum atomic E-state index is 0.0412. The van der Waals surface area contributed by atoms with Crippen LogP contribution < -0.4 is 10.5 Å². The predicted octanol–water partition coefficient (Wildman–Crippen LogP) is 1.31. The third-order valence-corrected chi connectivity index (χ3v) is 2.51. The Balaban J connectivity index is 2.17. The molecule has 0 aromatic carbocycles. The molecule has 0 bridgehead atoms. The topological polar surface area (TPSA) is 70.3 Å². The average molecular weight is 209 g/mol. The van der Waals surface area contributed by atoms with Gasteiger partial charge in [0.15, 0.2) is 0 Å². The average Bonchev–Trinajstić information content (AvgIpc) is 2.30. The summed E-state index contributed by atoms with van der Waals surface area (Å²) in [5, 5.41) is 7.95. The number of nitrogens with two attached hydrogens (primary N) is 1. The van der Waals surface area contributed by atoms with Crippen molar-refractivity contribution >= 4 is 5.69 Å². The van der Waals surface area contributed by atoms with Crippen molar-refractivity contribution in [2.24, 2.45) is 0 Å². The highest BCUT2D eigenvalue weighted by Gasteiger charge is 2.19. The summed E-state index contributed by atoms with van der Waals surface area (Å²) in [6.45, 7) is 0.790. The second kappa shape index (κ2) is 4.44. The van der Waals surface area contributed by atoms with Crippen LogP contribution in [0.25, 0.3) is 0 Å². The molecule has 5 nitrogen and oxygen atoms in total. The van der Waals surface area contributed by atoms with Gasteiger partial charge in [0.25, 0.3) is 5.88 Å². The number of aromatic nitrogens is 2. The molecule has 1 saturated heterocycles. The molecule has 1 fully saturated rings. The van der Waals surface area contributed by atoms with Crippen molar-refractivity contribution in [1.29, 1.82) is 0 Å². The Morgan fingerprint density at radius 3 is 2.93 bits per heavy atom. The first-order valence-electron chi connectivity index (χ1n) is 5.10. The Morgan fingerprint density at radius 2 is 2.33 bits per heavy atom. The van der Waals surface area contributed by atoms with Gasteiger partial charge in [0.1, 0.15) is 6.10 Å². The summed E-state index contributed by atoms with van der Waals surface area (Å²) < 4.78 is 10.5. The molecule has 0 spiro atoms. The molecule has 0 saturated carbocycles. The fraction of sp³-hybridized carbons (Fsp3) is 0.600. The van der Waals surface area contributed by atoms with Crippen molar-refractivity contribution in [3.8, 4) is 5.88 Å². The maximum Gasteiger partial charge on any atom is 0.256 e. The second-order valence-electron chi connectivity index (χ2n) is 3.59. The van der Waals surface area contributed by atoms with Crippen molar-refractivity contribution in [3.63, 3.8) is 0 Å². The van der Waals surface area contributed by atoms with Crippen LogP contribution in [0.5, 0.6) is 5.88 Å². The van der Waals surface area contributed by atoms with Gasteiger partial charge in [-0.05, 0) is 25.3 Å². The summed E-state index contributed by atoms with van der Waals surface area (Å²) in [6, 6.07) is 1.78. The molecule has 0 amide bonds. The fourth-order valence-electron chi connectivity index (χ4n) is 1.70. The number of nitrogen functional groups attached to an aromatic ring is 1. The van der Waals surface area contributed by atoms with Crippen LogP contribution in [0.15, 0.2) is 6.07 Å². The van der Waals surface area contributed by atoms with Gasteiger partial charge in [-0.3, -0.25) is 0 Å². The molecule has 1 atom stereocenters. The van der Waals surface area contributed by atoms with Crippen LogP contribution in [0.2, 0.25) is 0 Å². The van der Waals surface area contributed by atoms with Gasteiger partial charge in [-0.1, -0.05) is 0 Å². The summed E-state index contributed by atoms with van der Waals surface area (Å²) in [5.41, 5.74) is 7.07. The zero-order chi connectivity index (χ0) is 10.7. The molecule has 2 rings (SSSR count). The van der Waals surface area contributed by atoms with Crippen molar-refractivity contribution in [3.05, 3.63) is 11.8 Å². The van der Waals surface area contributed by atoms with E-state index in [-0.39, 0.29) is 6.10 Å². The summed E-state index contributed by atoms with van der Waals surface area (Å²) >= 11 is 0. The van der Waals surface area contributed by atoms with E-state index in [0.717, 1.165) is 31.6 Å². The lowest BCUT2D eigenvalue weighted by Crippen LogP contribution is -2.14. The van der Waals surface area contributed by atoms with Gasteiger partial charge in [-0.25, -0.2) is 0 Å². The molecule has 1 aromatic rings. The van der Waals surface area contributed by atoms with Crippen LogP contribution in [0, 0.1) is 0 Å². The highest BCUT2D eigenvalue weighted by molar-refractivity contribution is 5.47. The largest absolute Gasteiger partial charge is 0.478 e. The van der Waals surface area contributed by atoms with E-state index in [9.17, 15) is 0 Å². The second-order valence-corrected chi connectivity index (χ2v) is 3.59. The van der Waals surface area contributed by atoms with Crippen molar-refractivity contribution < 1.29 is 9.47 Å². The lowest BCUT2D eigenvalue weighted by molar-refractivity contribution is 0.0117. The minimum absolute atomic E-state index is 0.0412. The monoisotopic (exact) mass is 209 g/mol. The third kappa shape index (κ3) is 2.18. The molecule has 0 radical (unpaired) electrons. The molecule has 1 aliphatic rings. The Bertz CT molecular complexity index is 337. The van der Waals surface area contributed by atoms with E-state index >= 15 is 0 Å². The van der Waals surface area contributed by atoms with Crippen LogP contribution in [0.3, 0.4) is 0 Å². The quantitative estimate of drug-likeness (QED) is 0.795. The smallest absolute Gasteiger partial charge is 0.256 e. The van der Waals surface area contributed by atoms with E-state index in [2.05, 4.69) is 10.2 Å². The van der Waals surface area contributed by atoms with Crippen molar-refractivity contribution in [1.82, 2.24) is 10.2 Å². The Morgan fingerprint density at radius 1 is 1.47 bits per heavy atom. The zero-order valence-electron chi connectivity index (χ0n) is 8.77. The van der Waals surface area contributed by atoms with E-state index < -0.39 is 0 Å². The van der Waals surface area contributed by atoms with Crippen LogP contribution in [0.4, 0.5) is 5.69 Å². The first-order valence-corrected chi connectivity index (χ1v) is 5.10. The van der Waals surface area contributed by atoms with Gasteiger partial charge < -0.3 is 15.2 Å². The standard InChI is InChI=1S/C10H15N3O2/c1-14-10-7(11)6-8(12-13-10)9-4-2-3-5-15-9/h6,9H,2-5H2,1H3,(H2,11,12). The molecule has 5 heteroatoms. The van der Waals surface area contributed by atoms with E-state index in [1.807, 2.05) is 0 Å². The molecule has 1 aliphatic heterocycles. The van der Waals surface area contributed by atoms with E-state index in [1.165, 1.54) is 7.11 Å². The van der Waals surface area contributed by atoms with Gasteiger partial charge in [0, 0.05) is 6.61 Å². The lowest BCUT2D eigenvalue weighted by Gasteiger charge is -2.21. The summed E-state index contributed by atoms with van der Waals surface area (Å²) in [6.07, 6.45) is 3.31. The zero-order valence-corrected chi connectivity index (χ0v) is 8.77. The normalized spacial score (nSPS) is 21.3. The van der Waals surface area contributed by atoms with Crippen LogP contribution >= 0.6 is 0 Å². The van der Waals surface area contributed by atoms with Crippen LogP contribution in [0.1, 0.15) is 31.1 Å². The minimum Gasteiger partial charge on any atom is -0.478 e. The van der Waals surface area contributed by atoms with Crippen LogP contribution in [-0.4, -0.2) is 23.9 Å². The molecule has 2 heterocycles. The van der Waals surface area contributed by atoms with E-state index in [0.29, 0.717) is 11.6 Å². The van der Waals surface area contributed by atoms with Gasteiger partial charge in [0.2, 0.25) is 0 Å². The SMILES string of the molecule is COc1nnc(C2CCCCO2)cc1N. The molecular weight excluding hydrogens is 194 g/mol. The molecule has 0 aliphatic carbocycles. The molecular formula is C10H15N3O2. The van der Waals surface area contributed by atoms with Gasteiger partial charge in [-0.15, -0.1) is 10.2 Å². The number of rotatable bonds is 2. The number of hydrogen-bond acceptors (Lipinski definition) is 5. The number of hydrogen-bond donors (Lipinski definition) is 1. The Hall–Kier alpha value is -1.36. The first kappa shape index (κ1) is 10.2. The maximum atomic E-state index is 5.76. The van der Waals surface area contributed by atoms with Gasteiger partial charge in [0.05, 0.1) is 18.5 Å². The molecule has 1 aromatic heterocycles. The first-order chi connectivity index (χ1) is 7.31. The number of anilines is 1. The predicted molar refractivity (Wildman–Crippen MR) is 55.5 cm³/mol. The molecule has 15 heavy (non-hydrogen) atoms.